The summed E-state index contributed by atoms with van der Waals surface area (Å²) in [5.41, 5.74) is 4.13. The first kappa shape index (κ1) is 15.8. The highest BCUT2D eigenvalue weighted by molar-refractivity contribution is 7.19. The third-order valence-electron chi connectivity index (χ3n) is 4.23. The van der Waals surface area contributed by atoms with Crippen LogP contribution in [0.5, 0.6) is 5.75 Å². The van der Waals surface area contributed by atoms with Crippen molar-refractivity contribution in [3.05, 3.63) is 35.7 Å². The molecule has 0 aliphatic carbocycles. The van der Waals surface area contributed by atoms with Crippen LogP contribution in [0.1, 0.15) is 18.3 Å². The van der Waals surface area contributed by atoms with Crippen molar-refractivity contribution in [3.8, 4) is 27.7 Å². The summed E-state index contributed by atoms with van der Waals surface area (Å²) >= 11 is 1.53. The van der Waals surface area contributed by atoms with Crippen molar-refractivity contribution in [1.82, 2.24) is 29.6 Å². The third-order valence-corrected chi connectivity index (χ3v) is 5.15. The van der Waals surface area contributed by atoms with E-state index in [0.29, 0.717) is 0 Å². The molecule has 0 atom stereocenters. The van der Waals surface area contributed by atoms with Crippen LogP contribution in [0, 0.1) is 13.8 Å². The molecule has 0 bridgehead atoms. The fraction of sp³-hybridized carbons (Fsp3) is 0.294. The maximum atomic E-state index is 5.21. The van der Waals surface area contributed by atoms with Crippen LogP contribution in [0.4, 0.5) is 0 Å². The molecule has 0 radical (unpaired) electrons. The maximum Gasteiger partial charge on any atom is 0.235 e. The summed E-state index contributed by atoms with van der Waals surface area (Å²) in [5, 5.41) is 18.8. The van der Waals surface area contributed by atoms with Gasteiger partial charge in [0.2, 0.25) is 4.96 Å². The highest BCUT2D eigenvalue weighted by atomic mass is 32.1. The van der Waals surface area contributed by atoms with Crippen LogP contribution in [-0.4, -0.2) is 36.7 Å². The third kappa shape index (κ3) is 2.49. The van der Waals surface area contributed by atoms with Crippen molar-refractivity contribution < 1.29 is 4.74 Å². The van der Waals surface area contributed by atoms with Gasteiger partial charge in [0.05, 0.1) is 18.4 Å². The fourth-order valence-electron chi connectivity index (χ4n) is 2.95. The summed E-state index contributed by atoms with van der Waals surface area (Å²) in [6.45, 7) is 7.02. The monoisotopic (exact) mass is 354 g/mol. The molecule has 0 N–H and O–H groups in total. The average molecular weight is 354 g/mol. The van der Waals surface area contributed by atoms with E-state index in [1.165, 1.54) is 11.3 Å². The van der Waals surface area contributed by atoms with E-state index in [2.05, 4.69) is 29.1 Å². The molecule has 3 aromatic heterocycles. The van der Waals surface area contributed by atoms with Gasteiger partial charge in [-0.15, -0.1) is 10.2 Å². The maximum absolute atomic E-state index is 5.21. The van der Waals surface area contributed by atoms with Crippen molar-refractivity contribution >= 4 is 16.3 Å². The zero-order valence-electron chi connectivity index (χ0n) is 14.5. The van der Waals surface area contributed by atoms with Gasteiger partial charge in [-0.2, -0.15) is 14.7 Å². The van der Waals surface area contributed by atoms with Crippen molar-refractivity contribution in [2.45, 2.75) is 27.3 Å². The van der Waals surface area contributed by atoms with Gasteiger partial charge in [0.25, 0.3) is 0 Å². The number of aromatic nitrogens is 6. The van der Waals surface area contributed by atoms with Crippen LogP contribution in [0.25, 0.3) is 26.9 Å². The second-order valence-corrected chi connectivity index (χ2v) is 6.67. The molecular weight excluding hydrogens is 336 g/mol. The van der Waals surface area contributed by atoms with Gasteiger partial charge in [0.1, 0.15) is 5.75 Å². The normalized spacial score (nSPS) is 11.4. The van der Waals surface area contributed by atoms with Crippen LogP contribution in [0.3, 0.4) is 0 Å². The van der Waals surface area contributed by atoms with Gasteiger partial charge in [0, 0.05) is 17.8 Å². The van der Waals surface area contributed by atoms with Gasteiger partial charge in [-0.3, -0.25) is 4.68 Å². The van der Waals surface area contributed by atoms with Crippen LogP contribution in [0.15, 0.2) is 24.3 Å². The Labute approximate surface area is 148 Å². The standard InChI is InChI=1S/C17H18N6OS/c1-5-22-11(3)14(10(2)20-22)16-21-23-15(18-19-17(23)25-16)12-6-8-13(24-4)9-7-12/h6-9H,5H2,1-4H3. The molecule has 0 aliphatic heterocycles. The Kier molecular flexibility index (Phi) is 3.76. The Morgan fingerprint density at radius 1 is 1.08 bits per heavy atom. The first-order valence-electron chi connectivity index (χ1n) is 8.03. The molecule has 0 fully saturated rings. The number of aryl methyl sites for hydroxylation is 2. The molecule has 0 aliphatic rings. The molecule has 0 spiro atoms. The molecule has 4 aromatic rings. The Morgan fingerprint density at radius 2 is 1.84 bits per heavy atom. The average Bonchev–Trinajstić information content (AvgIpc) is 3.27. The minimum atomic E-state index is 0.721. The predicted molar refractivity (Wildman–Crippen MR) is 97.0 cm³/mol. The molecule has 4 rings (SSSR count). The lowest BCUT2D eigenvalue weighted by atomic mass is 10.2. The Morgan fingerprint density at radius 3 is 2.48 bits per heavy atom. The Hall–Kier alpha value is -2.74. The first-order valence-corrected chi connectivity index (χ1v) is 8.85. The quantitative estimate of drug-likeness (QED) is 0.562. The van der Waals surface area contributed by atoms with Crippen molar-refractivity contribution in [1.29, 1.82) is 0 Å². The smallest absolute Gasteiger partial charge is 0.235 e. The zero-order valence-corrected chi connectivity index (χ0v) is 15.3. The number of rotatable bonds is 4. The van der Waals surface area contributed by atoms with E-state index in [-0.39, 0.29) is 0 Å². The number of hydrogen-bond acceptors (Lipinski definition) is 6. The highest BCUT2D eigenvalue weighted by Crippen LogP contribution is 2.32. The van der Waals surface area contributed by atoms with E-state index in [1.807, 2.05) is 35.9 Å². The van der Waals surface area contributed by atoms with E-state index < -0.39 is 0 Å². The lowest BCUT2D eigenvalue weighted by molar-refractivity contribution is 0.415. The predicted octanol–water partition coefficient (Wildman–Crippen LogP) is 3.36. The summed E-state index contributed by atoms with van der Waals surface area (Å²) < 4.78 is 9.00. The SMILES string of the molecule is CCn1nc(C)c(-c2nn3c(-c4ccc(OC)cc4)nnc3s2)c1C. The van der Waals surface area contributed by atoms with Gasteiger partial charge in [-0.25, -0.2) is 0 Å². The number of hydrogen-bond donors (Lipinski definition) is 0. The van der Waals surface area contributed by atoms with Gasteiger partial charge >= 0.3 is 0 Å². The number of ether oxygens (including phenoxy) is 1. The van der Waals surface area contributed by atoms with E-state index in [9.17, 15) is 0 Å². The Bertz CT molecular complexity index is 1040. The number of fused-ring (bicyclic) bond motifs is 1. The summed E-state index contributed by atoms with van der Waals surface area (Å²) in [6.07, 6.45) is 0. The summed E-state index contributed by atoms with van der Waals surface area (Å²) in [7, 11) is 1.65. The van der Waals surface area contributed by atoms with E-state index in [4.69, 9.17) is 9.84 Å². The molecule has 8 heteroatoms. The largest absolute Gasteiger partial charge is 0.497 e. The van der Waals surface area contributed by atoms with Crippen LogP contribution in [-0.2, 0) is 6.54 Å². The van der Waals surface area contributed by atoms with Crippen LogP contribution >= 0.6 is 11.3 Å². The van der Waals surface area contributed by atoms with Crippen LogP contribution in [0.2, 0.25) is 0 Å². The minimum absolute atomic E-state index is 0.721. The molecular formula is C17H18N6OS. The summed E-state index contributed by atoms with van der Waals surface area (Å²) in [5.74, 6) is 1.53. The molecule has 128 valence electrons. The van der Waals surface area contributed by atoms with Gasteiger partial charge in [-0.05, 0) is 45.0 Å². The second kappa shape index (κ2) is 5.96. The molecule has 0 amide bonds. The molecule has 1 aromatic carbocycles. The summed E-state index contributed by atoms with van der Waals surface area (Å²) in [4.78, 5) is 0.767. The number of benzene rings is 1. The fourth-order valence-corrected chi connectivity index (χ4v) is 3.94. The zero-order chi connectivity index (χ0) is 17.6. The Balaban J connectivity index is 1.82. The molecule has 3 heterocycles. The first-order chi connectivity index (χ1) is 12.1. The second-order valence-electron chi connectivity index (χ2n) is 5.72. The molecule has 25 heavy (non-hydrogen) atoms. The number of methoxy groups -OCH3 is 1. The lowest BCUT2D eigenvalue weighted by Crippen LogP contribution is -1.98. The van der Waals surface area contributed by atoms with E-state index >= 15 is 0 Å². The summed E-state index contributed by atoms with van der Waals surface area (Å²) in [6, 6.07) is 7.73. The van der Waals surface area contributed by atoms with Crippen molar-refractivity contribution in [2.24, 2.45) is 0 Å². The molecule has 0 saturated carbocycles. The highest BCUT2D eigenvalue weighted by Gasteiger charge is 2.20. The van der Waals surface area contributed by atoms with Crippen LogP contribution < -0.4 is 4.74 Å². The minimum Gasteiger partial charge on any atom is -0.497 e. The van der Waals surface area contributed by atoms with Crippen molar-refractivity contribution in [3.63, 3.8) is 0 Å². The topological polar surface area (TPSA) is 70.1 Å². The van der Waals surface area contributed by atoms with Gasteiger partial charge < -0.3 is 4.74 Å². The lowest BCUT2D eigenvalue weighted by Gasteiger charge is -2.01. The van der Waals surface area contributed by atoms with E-state index in [0.717, 1.165) is 50.6 Å². The van der Waals surface area contributed by atoms with Crippen molar-refractivity contribution in [2.75, 3.05) is 7.11 Å². The molecule has 0 saturated heterocycles. The number of nitrogens with zero attached hydrogens (tertiary/aromatic N) is 6. The molecule has 0 unspecified atom stereocenters. The molecule has 7 nitrogen and oxygen atoms in total. The van der Waals surface area contributed by atoms with Gasteiger partial charge in [0.15, 0.2) is 10.8 Å². The van der Waals surface area contributed by atoms with E-state index in [1.54, 1.807) is 11.6 Å². The van der Waals surface area contributed by atoms with Gasteiger partial charge in [-0.1, -0.05) is 11.3 Å².